The Morgan fingerprint density at radius 3 is 2.44 bits per heavy atom. The Balaban J connectivity index is 1.32. The van der Waals surface area contributed by atoms with Gasteiger partial charge in [0, 0.05) is 58.3 Å². The molecule has 0 radical (unpaired) electrons. The van der Waals surface area contributed by atoms with E-state index in [1.807, 2.05) is 37.8 Å². The summed E-state index contributed by atoms with van der Waals surface area (Å²) in [5.41, 5.74) is 2.19. The molecule has 32 heavy (non-hydrogen) atoms. The van der Waals surface area contributed by atoms with Crippen LogP contribution in [0.15, 0.2) is 30.1 Å². The van der Waals surface area contributed by atoms with Crippen molar-refractivity contribution in [2.75, 3.05) is 44.2 Å². The third kappa shape index (κ3) is 4.94. The second-order valence-electron chi connectivity index (χ2n) is 9.38. The molecule has 3 aliphatic rings. The van der Waals surface area contributed by atoms with Crippen LogP contribution in [0.1, 0.15) is 33.6 Å². The van der Waals surface area contributed by atoms with E-state index in [1.165, 1.54) is 0 Å². The highest BCUT2D eigenvalue weighted by atomic mass is 35.5. The van der Waals surface area contributed by atoms with E-state index in [0.717, 1.165) is 5.82 Å². The minimum Gasteiger partial charge on any atom is -0.444 e. The average molecular weight is 464 g/mol. The molecular weight excluding hydrogens is 434 g/mol. The maximum absolute atomic E-state index is 13.0. The first-order chi connectivity index (χ1) is 15.2. The van der Waals surface area contributed by atoms with Gasteiger partial charge < -0.3 is 19.4 Å². The maximum Gasteiger partial charge on any atom is 0.410 e. The van der Waals surface area contributed by atoms with Crippen molar-refractivity contribution < 1.29 is 19.2 Å². The van der Waals surface area contributed by atoms with E-state index < -0.39 is 11.2 Å². The number of likely N-dealkylation sites (tertiary alicyclic amines) is 1. The third-order valence-corrected chi connectivity index (χ3v) is 6.16. The number of amides is 2. The van der Waals surface area contributed by atoms with Crippen LogP contribution in [0.25, 0.3) is 0 Å². The van der Waals surface area contributed by atoms with Gasteiger partial charge in [-0.1, -0.05) is 11.6 Å². The largest absolute Gasteiger partial charge is 0.444 e. The zero-order valence-electron chi connectivity index (χ0n) is 18.8. The number of nitrogens with zero attached hydrogens (tertiary/aromatic N) is 4. The Labute approximate surface area is 193 Å². The first kappa shape index (κ1) is 22.7. The molecule has 10 heteroatoms. The van der Waals surface area contributed by atoms with Crippen LogP contribution in [0.4, 0.5) is 10.6 Å². The molecule has 0 saturated carbocycles. The molecule has 2 saturated heterocycles. The molecule has 1 N–H and O–H groups in total. The number of halogens is 1. The van der Waals surface area contributed by atoms with Gasteiger partial charge in [-0.2, -0.15) is 0 Å². The molecule has 0 bridgehead atoms. The van der Waals surface area contributed by atoms with Crippen molar-refractivity contribution in [1.82, 2.24) is 20.3 Å². The number of piperazine rings is 1. The molecule has 174 valence electrons. The SMILES string of the molecule is CC(C)(C)OC(=O)N1CCC2(C=C(C(=O)N3CCN(c4ncccc4Cl)CC3)NO2)CC1. The van der Waals surface area contributed by atoms with Gasteiger partial charge in [0.2, 0.25) is 0 Å². The number of ether oxygens (including phenoxy) is 1. The highest BCUT2D eigenvalue weighted by Crippen LogP contribution is 2.33. The van der Waals surface area contributed by atoms with Gasteiger partial charge in [0.25, 0.3) is 5.91 Å². The third-order valence-electron chi connectivity index (χ3n) is 5.87. The second-order valence-corrected chi connectivity index (χ2v) is 9.79. The lowest BCUT2D eigenvalue weighted by Crippen LogP contribution is -2.50. The standard InChI is InChI=1S/C22H30ClN5O4/c1-21(2,3)31-20(30)28-9-6-22(7-10-28)15-17(25-32-22)19(29)27-13-11-26(12-14-27)18-16(23)5-4-8-24-18/h4-5,8,15,25H,6-7,9-14H2,1-3H3. The Hall–Kier alpha value is -2.52. The molecule has 2 amide bonds. The van der Waals surface area contributed by atoms with E-state index in [9.17, 15) is 9.59 Å². The summed E-state index contributed by atoms with van der Waals surface area (Å²) in [4.78, 5) is 41.1. The van der Waals surface area contributed by atoms with Crippen LogP contribution in [-0.2, 0) is 14.4 Å². The molecule has 0 unspecified atom stereocenters. The molecule has 1 aromatic rings. The van der Waals surface area contributed by atoms with Gasteiger partial charge in [-0.05, 0) is 39.0 Å². The lowest BCUT2D eigenvalue weighted by atomic mass is 9.91. The van der Waals surface area contributed by atoms with E-state index in [1.54, 1.807) is 17.2 Å². The highest BCUT2D eigenvalue weighted by molar-refractivity contribution is 6.32. The number of aromatic nitrogens is 1. The van der Waals surface area contributed by atoms with E-state index in [0.29, 0.717) is 62.8 Å². The minimum absolute atomic E-state index is 0.0804. The number of hydroxylamine groups is 1. The zero-order chi connectivity index (χ0) is 22.9. The molecule has 4 heterocycles. The molecule has 3 aliphatic heterocycles. The van der Waals surface area contributed by atoms with Crippen LogP contribution in [0.5, 0.6) is 0 Å². The molecular formula is C22H30ClN5O4. The summed E-state index contributed by atoms with van der Waals surface area (Å²) >= 11 is 6.25. The normalized spacial score (nSPS) is 20.8. The van der Waals surface area contributed by atoms with Crippen LogP contribution in [0.2, 0.25) is 5.02 Å². The lowest BCUT2D eigenvalue weighted by Gasteiger charge is -2.37. The van der Waals surface area contributed by atoms with Crippen LogP contribution >= 0.6 is 11.6 Å². The van der Waals surface area contributed by atoms with E-state index in [2.05, 4.69) is 15.4 Å². The van der Waals surface area contributed by atoms with Crippen molar-refractivity contribution in [2.24, 2.45) is 0 Å². The smallest absolute Gasteiger partial charge is 0.410 e. The van der Waals surface area contributed by atoms with Crippen molar-refractivity contribution in [2.45, 2.75) is 44.8 Å². The number of pyridine rings is 1. The van der Waals surface area contributed by atoms with E-state index in [4.69, 9.17) is 21.2 Å². The van der Waals surface area contributed by atoms with Crippen LogP contribution in [-0.4, -0.2) is 77.3 Å². The summed E-state index contributed by atoms with van der Waals surface area (Å²) in [5, 5.41) is 0.612. The number of rotatable bonds is 2. The number of piperidine rings is 1. The highest BCUT2D eigenvalue weighted by Gasteiger charge is 2.42. The molecule has 0 aromatic carbocycles. The van der Waals surface area contributed by atoms with Gasteiger partial charge in [0.15, 0.2) is 0 Å². The van der Waals surface area contributed by atoms with Crippen LogP contribution < -0.4 is 10.4 Å². The van der Waals surface area contributed by atoms with Gasteiger partial charge in [-0.15, -0.1) is 0 Å². The summed E-state index contributed by atoms with van der Waals surface area (Å²) in [6.07, 6.45) is 4.48. The molecule has 2 fully saturated rings. The quantitative estimate of drug-likeness (QED) is 0.721. The summed E-state index contributed by atoms with van der Waals surface area (Å²) in [7, 11) is 0. The molecule has 1 aromatic heterocycles. The van der Waals surface area contributed by atoms with Crippen molar-refractivity contribution in [3.63, 3.8) is 0 Å². The van der Waals surface area contributed by atoms with Gasteiger partial charge >= 0.3 is 6.09 Å². The Kier molecular flexibility index (Phi) is 6.22. The number of nitrogens with one attached hydrogen (secondary N) is 1. The molecule has 0 aliphatic carbocycles. The summed E-state index contributed by atoms with van der Waals surface area (Å²) in [6.45, 7) is 9.05. The molecule has 9 nitrogen and oxygen atoms in total. The van der Waals surface area contributed by atoms with Crippen molar-refractivity contribution in [3.05, 3.63) is 35.1 Å². The number of hydrogen-bond donors (Lipinski definition) is 1. The Bertz CT molecular complexity index is 900. The van der Waals surface area contributed by atoms with Gasteiger partial charge in [-0.25, -0.2) is 9.78 Å². The molecule has 1 spiro atoms. The predicted molar refractivity (Wildman–Crippen MR) is 120 cm³/mol. The van der Waals surface area contributed by atoms with E-state index >= 15 is 0 Å². The fourth-order valence-corrected chi connectivity index (χ4v) is 4.37. The first-order valence-electron chi connectivity index (χ1n) is 11.0. The van der Waals surface area contributed by atoms with Gasteiger partial charge in [-0.3, -0.25) is 15.1 Å². The number of hydrogen-bond acceptors (Lipinski definition) is 7. The van der Waals surface area contributed by atoms with Crippen molar-refractivity contribution in [3.8, 4) is 0 Å². The maximum atomic E-state index is 13.0. The number of carbonyl (C=O) groups is 2. The fraction of sp³-hybridized carbons (Fsp3) is 0.591. The molecule has 4 rings (SSSR count). The number of anilines is 1. The summed E-state index contributed by atoms with van der Waals surface area (Å²) < 4.78 is 5.45. The zero-order valence-corrected chi connectivity index (χ0v) is 19.5. The minimum atomic E-state index is -0.577. The molecule has 0 atom stereocenters. The first-order valence-corrected chi connectivity index (χ1v) is 11.3. The van der Waals surface area contributed by atoms with Gasteiger partial charge in [0.05, 0.1) is 5.02 Å². The Morgan fingerprint density at radius 2 is 1.81 bits per heavy atom. The topological polar surface area (TPSA) is 87.2 Å². The van der Waals surface area contributed by atoms with Gasteiger partial charge in [0.1, 0.15) is 22.7 Å². The second kappa shape index (κ2) is 8.78. The Morgan fingerprint density at radius 1 is 1.12 bits per heavy atom. The fourth-order valence-electron chi connectivity index (χ4n) is 4.13. The van der Waals surface area contributed by atoms with Crippen LogP contribution in [0.3, 0.4) is 0 Å². The summed E-state index contributed by atoms with van der Waals surface area (Å²) in [5.74, 6) is 0.668. The van der Waals surface area contributed by atoms with E-state index in [-0.39, 0.29) is 12.0 Å². The average Bonchev–Trinajstić information content (AvgIpc) is 3.16. The monoisotopic (exact) mass is 463 g/mol. The van der Waals surface area contributed by atoms with Crippen LogP contribution in [0, 0.1) is 0 Å². The van der Waals surface area contributed by atoms with Crippen molar-refractivity contribution in [1.29, 1.82) is 0 Å². The lowest BCUT2D eigenvalue weighted by molar-refractivity contribution is -0.130. The van der Waals surface area contributed by atoms with Crippen molar-refractivity contribution >= 4 is 29.4 Å². The summed E-state index contributed by atoms with van der Waals surface area (Å²) in [6, 6.07) is 3.62. The number of carbonyl (C=O) groups excluding carboxylic acids is 2. The predicted octanol–water partition coefficient (Wildman–Crippen LogP) is 2.57.